The maximum absolute atomic E-state index is 13.0. The second-order valence-electron chi connectivity index (χ2n) is 7.01. The molecule has 0 unspecified atom stereocenters. The van der Waals surface area contributed by atoms with Crippen molar-refractivity contribution < 1.29 is 14.3 Å². The lowest BCUT2D eigenvalue weighted by atomic mass is 10.1. The molecule has 2 aromatic carbocycles. The molecule has 0 saturated carbocycles. The molecule has 0 radical (unpaired) electrons. The molecule has 0 bridgehead atoms. The van der Waals surface area contributed by atoms with E-state index in [0.717, 1.165) is 16.5 Å². The minimum Gasteiger partial charge on any atom is -0.482 e. The standard InChI is InChI=1S/C22H25BrCl2N2O3/c1-4-14(2)26-22(29)15(3)27(12-16-6-5-7-18(24)10-16)21(28)13-30-20-9-8-17(23)11-19(20)25/h5-11,14-15H,4,12-13H2,1-3H3,(H,26,29)/t14-,15-/m1/s1. The van der Waals surface area contributed by atoms with Gasteiger partial charge in [0.1, 0.15) is 11.8 Å². The second-order valence-corrected chi connectivity index (χ2v) is 8.77. The Labute approximate surface area is 195 Å². The third-order valence-electron chi connectivity index (χ3n) is 4.66. The van der Waals surface area contributed by atoms with Crippen molar-refractivity contribution in [1.29, 1.82) is 0 Å². The first kappa shape index (κ1) is 24.5. The lowest BCUT2D eigenvalue weighted by molar-refractivity contribution is -0.142. The van der Waals surface area contributed by atoms with Crippen molar-refractivity contribution in [3.8, 4) is 5.75 Å². The van der Waals surface area contributed by atoms with Crippen LogP contribution in [-0.4, -0.2) is 35.4 Å². The fourth-order valence-corrected chi connectivity index (χ4v) is 3.64. The van der Waals surface area contributed by atoms with Crippen LogP contribution >= 0.6 is 39.1 Å². The van der Waals surface area contributed by atoms with Gasteiger partial charge in [0.25, 0.3) is 5.91 Å². The molecule has 30 heavy (non-hydrogen) atoms. The van der Waals surface area contributed by atoms with E-state index in [1.807, 2.05) is 26.0 Å². The van der Waals surface area contributed by atoms with Crippen LogP contribution in [0.2, 0.25) is 10.0 Å². The normalized spacial score (nSPS) is 12.7. The number of ether oxygens (including phenoxy) is 1. The van der Waals surface area contributed by atoms with Crippen molar-refractivity contribution in [3.63, 3.8) is 0 Å². The highest BCUT2D eigenvalue weighted by Crippen LogP contribution is 2.27. The molecule has 5 nitrogen and oxygen atoms in total. The third kappa shape index (κ3) is 7.18. The monoisotopic (exact) mass is 514 g/mol. The Morgan fingerprint density at radius 1 is 1.17 bits per heavy atom. The first-order chi connectivity index (χ1) is 14.2. The Morgan fingerprint density at radius 2 is 1.90 bits per heavy atom. The Bertz CT molecular complexity index is 894. The van der Waals surface area contributed by atoms with Gasteiger partial charge >= 0.3 is 0 Å². The maximum Gasteiger partial charge on any atom is 0.261 e. The topological polar surface area (TPSA) is 58.6 Å². The Morgan fingerprint density at radius 3 is 2.53 bits per heavy atom. The average Bonchev–Trinajstić information content (AvgIpc) is 2.70. The molecular weight excluding hydrogens is 491 g/mol. The van der Waals surface area contributed by atoms with Crippen LogP contribution in [0.4, 0.5) is 0 Å². The molecule has 1 N–H and O–H groups in total. The van der Waals surface area contributed by atoms with Gasteiger partial charge in [0.15, 0.2) is 6.61 Å². The molecular formula is C22H25BrCl2N2O3. The zero-order valence-electron chi connectivity index (χ0n) is 17.1. The highest BCUT2D eigenvalue weighted by Gasteiger charge is 2.27. The Hall–Kier alpha value is -1.76. The molecule has 0 spiro atoms. The molecule has 0 aliphatic heterocycles. The fraction of sp³-hybridized carbons (Fsp3) is 0.364. The zero-order chi connectivity index (χ0) is 22.3. The van der Waals surface area contributed by atoms with Crippen molar-refractivity contribution in [3.05, 3.63) is 62.5 Å². The molecule has 0 fully saturated rings. The highest BCUT2D eigenvalue weighted by molar-refractivity contribution is 9.10. The van der Waals surface area contributed by atoms with Crippen molar-refractivity contribution in [2.24, 2.45) is 0 Å². The molecule has 2 aromatic rings. The summed E-state index contributed by atoms with van der Waals surface area (Å²) in [6.07, 6.45) is 0.797. The van der Waals surface area contributed by atoms with E-state index in [4.69, 9.17) is 27.9 Å². The number of rotatable bonds is 9. The summed E-state index contributed by atoms with van der Waals surface area (Å²) >= 11 is 15.6. The largest absolute Gasteiger partial charge is 0.482 e. The molecule has 2 rings (SSSR count). The minimum absolute atomic E-state index is 0.0147. The maximum atomic E-state index is 13.0. The van der Waals surface area contributed by atoms with E-state index in [1.165, 1.54) is 4.90 Å². The van der Waals surface area contributed by atoms with Gasteiger partial charge in [0, 0.05) is 22.1 Å². The Balaban J connectivity index is 2.18. The minimum atomic E-state index is -0.686. The van der Waals surface area contributed by atoms with Gasteiger partial charge in [-0.05, 0) is 56.2 Å². The summed E-state index contributed by atoms with van der Waals surface area (Å²) in [6, 6.07) is 11.7. The number of carbonyl (C=O) groups is 2. The van der Waals surface area contributed by atoms with Gasteiger partial charge < -0.3 is 15.0 Å². The van der Waals surface area contributed by atoms with Crippen molar-refractivity contribution >= 4 is 50.9 Å². The SMILES string of the molecule is CC[C@@H](C)NC(=O)[C@@H](C)N(Cc1cccc(Cl)c1)C(=O)COc1ccc(Br)cc1Cl. The lowest BCUT2D eigenvalue weighted by Gasteiger charge is -2.29. The van der Waals surface area contributed by atoms with E-state index < -0.39 is 6.04 Å². The summed E-state index contributed by atoms with van der Waals surface area (Å²) in [5.41, 5.74) is 0.820. The van der Waals surface area contributed by atoms with Crippen LogP contribution in [0, 0.1) is 0 Å². The van der Waals surface area contributed by atoms with Crippen LogP contribution < -0.4 is 10.1 Å². The lowest BCUT2D eigenvalue weighted by Crippen LogP contribution is -2.50. The predicted molar refractivity (Wildman–Crippen MR) is 124 cm³/mol. The van der Waals surface area contributed by atoms with Crippen LogP contribution in [0.15, 0.2) is 46.9 Å². The molecule has 162 valence electrons. The van der Waals surface area contributed by atoms with Crippen LogP contribution in [0.3, 0.4) is 0 Å². The molecule has 0 heterocycles. The molecule has 8 heteroatoms. The van der Waals surface area contributed by atoms with Gasteiger partial charge in [0.05, 0.1) is 5.02 Å². The van der Waals surface area contributed by atoms with Gasteiger partial charge in [0.2, 0.25) is 5.91 Å². The number of hydrogen-bond donors (Lipinski definition) is 1. The summed E-state index contributed by atoms with van der Waals surface area (Å²) in [4.78, 5) is 27.2. The van der Waals surface area contributed by atoms with Crippen molar-refractivity contribution in [2.75, 3.05) is 6.61 Å². The number of nitrogens with zero attached hydrogens (tertiary/aromatic N) is 1. The van der Waals surface area contributed by atoms with E-state index in [0.29, 0.717) is 15.8 Å². The molecule has 0 aliphatic rings. The van der Waals surface area contributed by atoms with Gasteiger partial charge in [-0.1, -0.05) is 58.2 Å². The van der Waals surface area contributed by atoms with Crippen LogP contribution in [0.25, 0.3) is 0 Å². The molecule has 2 atom stereocenters. The first-order valence-electron chi connectivity index (χ1n) is 9.63. The molecule has 0 saturated heterocycles. The number of benzene rings is 2. The summed E-state index contributed by atoms with van der Waals surface area (Å²) in [5.74, 6) is -0.158. The summed E-state index contributed by atoms with van der Waals surface area (Å²) in [7, 11) is 0. The quantitative estimate of drug-likeness (QED) is 0.482. The van der Waals surface area contributed by atoms with E-state index >= 15 is 0 Å². The fourth-order valence-electron chi connectivity index (χ4n) is 2.69. The van der Waals surface area contributed by atoms with Crippen LogP contribution in [0.5, 0.6) is 5.75 Å². The van der Waals surface area contributed by atoms with Gasteiger partial charge in [-0.15, -0.1) is 0 Å². The van der Waals surface area contributed by atoms with Crippen molar-refractivity contribution in [1.82, 2.24) is 10.2 Å². The number of halogens is 3. The number of nitrogens with one attached hydrogen (secondary N) is 1. The smallest absolute Gasteiger partial charge is 0.261 e. The van der Waals surface area contributed by atoms with E-state index in [2.05, 4.69) is 21.2 Å². The molecule has 0 aliphatic carbocycles. The van der Waals surface area contributed by atoms with Crippen LogP contribution in [0.1, 0.15) is 32.8 Å². The van der Waals surface area contributed by atoms with E-state index in [-0.39, 0.29) is 31.0 Å². The van der Waals surface area contributed by atoms with E-state index in [1.54, 1.807) is 37.3 Å². The second kappa shape index (κ2) is 11.6. The summed E-state index contributed by atoms with van der Waals surface area (Å²) < 4.78 is 6.44. The van der Waals surface area contributed by atoms with Crippen LogP contribution in [-0.2, 0) is 16.1 Å². The molecule has 2 amide bonds. The average molecular weight is 516 g/mol. The van der Waals surface area contributed by atoms with Gasteiger partial charge in [-0.3, -0.25) is 9.59 Å². The third-order valence-corrected chi connectivity index (χ3v) is 5.68. The van der Waals surface area contributed by atoms with Gasteiger partial charge in [-0.25, -0.2) is 0 Å². The summed E-state index contributed by atoms with van der Waals surface area (Å²) in [6.45, 7) is 5.59. The number of carbonyl (C=O) groups excluding carboxylic acids is 2. The highest BCUT2D eigenvalue weighted by atomic mass is 79.9. The number of amides is 2. The van der Waals surface area contributed by atoms with E-state index in [9.17, 15) is 9.59 Å². The Kier molecular flexibility index (Phi) is 9.46. The molecule has 0 aromatic heterocycles. The number of hydrogen-bond acceptors (Lipinski definition) is 3. The summed E-state index contributed by atoms with van der Waals surface area (Å²) in [5, 5.41) is 3.88. The predicted octanol–water partition coefficient (Wildman–Crippen LogP) is 5.47. The zero-order valence-corrected chi connectivity index (χ0v) is 20.2. The van der Waals surface area contributed by atoms with Crippen molar-refractivity contribution in [2.45, 2.75) is 45.8 Å². The van der Waals surface area contributed by atoms with Gasteiger partial charge in [-0.2, -0.15) is 0 Å². The first-order valence-corrected chi connectivity index (χ1v) is 11.2.